The molecule has 9 heteroatoms. The fourth-order valence-corrected chi connectivity index (χ4v) is 0.603. The van der Waals surface area contributed by atoms with E-state index in [1.54, 1.807) is 0 Å². The first-order valence-corrected chi connectivity index (χ1v) is 4.83. The van der Waals surface area contributed by atoms with E-state index in [9.17, 15) is 19.2 Å². The van der Waals surface area contributed by atoms with Crippen molar-refractivity contribution in [1.82, 2.24) is 5.32 Å². The quantitative estimate of drug-likeness (QED) is 0.385. The van der Waals surface area contributed by atoms with Crippen LogP contribution in [0.2, 0.25) is 0 Å². The van der Waals surface area contributed by atoms with Crippen LogP contribution in [0.1, 0.15) is 19.8 Å². The number of carbonyl (C=O) groups excluding carboxylic acids is 1. The van der Waals surface area contributed by atoms with Crippen LogP contribution in [0.3, 0.4) is 0 Å². The van der Waals surface area contributed by atoms with E-state index in [0.717, 1.165) is 0 Å². The van der Waals surface area contributed by atoms with Gasteiger partial charge in [0.15, 0.2) is 0 Å². The molecule has 1 amide bonds. The first-order chi connectivity index (χ1) is 8.16. The number of nitrogens with one attached hydrogen (secondary N) is 1. The molecule has 1 atom stereocenters. The minimum Gasteiger partial charge on any atom is -0.481 e. The smallest absolute Gasteiger partial charge is 0.322 e. The number of aliphatic carboxylic acids is 3. The number of rotatable bonds is 6. The third kappa shape index (κ3) is 16.3. The predicted molar refractivity (Wildman–Crippen MR) is 58.8 cm³/mol. The second kappa shape index (κ2) is 10.0. The first-order valence-electron chi connectivity index (χ1n) is 4.83. The summed E-state index contributed by atoms with van der Waals surface area (Å²) < 4.78 is 0. The van der Waals surface area contributed by atoms with Gasteiger partial charge in [0.2, 0.25) is 5.91 Å². The van der Waals surface area contributed by atoms with Crippen LogP contribution in [-0.2, 0) is 19.2 Å². The Morgan fingerprint density at radius 1 is 1.11 bits per heavy atom. The summed E-state index contributed by atoms with van der Waals surface area (Å²) in [6.07, 6.45) is -0.224. The molecule has 0 heterocycles. The predicted octanol–water partition coefficient (Wildman–Crippen LogP) is -1.53. The Morgan fingerprint density at radius 2 is 1.61 bits per heavy atom. The van der Waals surface area contributed by atoms with E-state index >= 15 is 0 Å². The van der Waals surface area contributed by atoms with Crippen molar-refractivity contribution in [2.75, 3.05) is 6.54 Å². The van der Waals surface area contributed by atoms with Crippen molar-refractivity contribution in [2.24, 2.45) is 5.73 Å². The fraction of sp³-hybridized carbons (Fsp3) is 0.556. The Balaban J connectivity index is 0. The molecule has 0 aromatic heterocycles. The van der Waals surface area contributed by atoms with Crippen LogP contribution >= 0.6 is 0 Å². The number of hydrogen-bond acceptors (Lipinski definition) is 5. The molecule has 1 unspecified atom stereocenters. The molecule has 18 heavy (non-hydrogen) atoms. The maximum Gasteiger partial charge on any atom is 0.322 e. The van der Waals surface area contributed by atoms with Crippen LogP contribution in [0.15, 0.2) is 0 Å². The lowest BCUT2D eigenvalue weighted by molar-refractivity contribution is -0.140. The van der Waals surface area contributed by atoms with Crippen LogP contribution < -0.4 is 11.1 Å². The van der Waals surface area contributed by atoms with Crippen molar-refractivity contribution in [1.29, 1.82) is 0 Å². The highest BCUT2D eigenvalue weighted by atomic mass is 16.4. The van der Waals surface area contributed by atoms with Gasteiger partial charge in [-0.1, -0.05) is 0 Å². The topological polar surface area (TPSA) is 167 Å². The largest absolute Gasteiger partial charge is 0.481 e. The normalized spacial score (nSPS) is 10.6. The van der Waals surface area contributed by atoms with Crippen LogP contribution in [-0.4, -0.2) is 51.7 Å². The molecule has 0 aromatic carbocycles. The zero-order valence-electron chi connectivity index (χ0n) is 9.75. The summed E-state index contributed by atoms with van der Waals surface area (Å²) in [5.74, 6) is -3.55. The van der Waals surface area contributed by atoms with E-state index in [0.29, 0.717) is 0 Å². The van der Waals surface area contributed by atoms with Gasteiger partial charge >= 0.3 is 17.9 Å². The van der Waals surface area contributed by atoms with Gasteiger partial charge in [-0.2, -0.15) is 0 Å². The van der Waals surface area contributed by atoms with E-state index in [4.69, 9.17) is 21.1 Å². The molecule has 0 aromatic rings. The van der Waals surface area contributed by atoms with Gasteiger partial charge in [0.1, 0.15) is 12.6 Å². The summed E-state index contributed by atoms with van der Waals surface area (Å²) in [5.41, 5.74) is 5.00. The molecule has 9 nitrogen and oxygen atoms in total. The number of carboxylic acids is 3. The maximum absolute atomic E-state index is 9.99. The molecule has 0 radical (unpaired) electrons. The summed E-state index contributed by atoms with van der Waals surface area (Å²) in [6.45, 7) is 0.971. The van der Waals surface area contributed by atoms with Gasteiger partial charge in [0.05, 0.1) is 0 Å². The second-order valence-corrected chi connectivity index (χ2v) is 3.18. The Bertz CT molecular complexity index is 302. The molecule has 0 saturated carbocycles. The molecule has 0 rings (SSSR count). The van der Waals surface area contributed by atoms with Crippen molar-refractivity contribution >= 4 is 23.8 Å². The van der Waals surface area contributed by atoms with E-state index in [1.807, 2.05) is 0 Å². The fourth-order valence-electron chi connectivity index (χ4n) is 0.603. The van der Waals surface area contributed by atoms with Gasteiger partial charge in [-0.05, 0) is 6.42 Å². The van der Waals surface area contributed by atoms with Crippen LogP contribution in [0, 0.1) is 0 Å². The summed E-state index contributed by atoms with van der Waals surface area (Å²) in [6, 6.07) is -1.06. The van der Waals surface area contributed by atoms with E-state index in [-0.39, 0.29) is 25.3 Å². The standard InChI is InChI=1S/C5H9NO4.C4H7NO3/c6-3(5(9)10)1-2-4(7)8;1-3(6)5-2-4(7)8/h3H,1-2,6H2,(H,7,8)(H,9,10);2H2,1H3,(H,5,6)(H,7,8). The number of nitrogens with two attached hydrogens (primary N) is 1. The van der Waals surface area contributed by atoms with Crippen molar-refractivity contribution in [3.63, 3.8) is 0 Å². The van der Waals surface area contributed by atoms with Crippen LogP contribution in [0.4, 0.5) is 0 Å². The van der Waals surface area contributed by atoms with E-state index < -0.39 is 23.9 Å². The minimum atomic E-state index is -1.17. The summed E-state index contributed by atoms with van der Waals surface area (Å²) in [4.78, 5) is 39.5. The lowest BCUT2D eigenvalue weighted by Gasteiger charge is -2.01. The molecular formula is C9H16N2O7. The monoisotopic (exact) mass is 264 g/mol. The summed E-state index contributed by atoms with van der Waals surface area (Å²) in [7, 11) is 0. The van der Waals surface area contributed by atoms with Crippen LogP contribution in [0.5, 0.6) is 0 Å². The number of carbonyl (C=O) groups is 4. The number of carboxylic acid groups (broad SMARTS) is 3. The van der Waals surface area contributed by atoms with Gasteiger partial charge < -0.3 is 26.4 Å². The Morgan fingerprint density at radius 3 is 1.83 bits per heavy atom. The molecular weight excluding hydrogens is 248 g/mol. The number of hydrogen-bond donors (Lipinski definition) is 5. The molecule has 0 bridgehead atoms. The average molecular weight is 264 g/mol. The maximum atomic E-state index is 9.99. The summed E-state index contributed by atoms with van der Waals surface area (Å²) >= 11 is 0. The molecule has 0 fully saturated rings. The lowest BCUT2D eigenvalue weighted by Crippen LogP contribution is -2.30. The van der Waals surface area contributed by atoms with Crippen molar-refractivity contribution < 1.29 is 34.5 Å². The molecule has 0 aliphatic heterocycles. The second-order valence-electron chi connectivity index (χ2n) is 3.18. The molecule has 0 aliphatic carbocycles. The van der Waals surface area contributed by atoms with E-state index in [1.165, 1.54) is 6.92 Å². The molecule has 0 aliphatic rings. The molecule has 0 spiro atoms. The molecule has 104 valence electrons. The average Bonchev–Trinajstić information content (AvgIpc) is 2.23. The highest BCUT2D eigenvalue weighted by Gasteiger charge is 2.12. The van der Waals surface area contributed by atoms with Crippen molar-refractivity contribution in [3.8, 4) is 0 Å². The van der Waals surface area contributed by atoms with Crippen molar-refractivity contribution in [2.45, 2.75) is 25.8 Å². The third-order valence-corrected chi connectivity index (χ3v) is 1.47. The zero-order chi connectivity index (χ0) is 14.7. The van der Waals surface area contributed by atoms with Gasteiger partial charge in [-0.15, -0.1) is 0 Å². The summed E-state index contributed by atoms with van der Waals surface area (Å²) in [5, 5.41) is 26.3. The van der Waals surface area contributed by atoms with Gasteiger partial charge in [-0.25, -0.2) is 0 Å². The molecule has 0 saturated heterocycles. The zero-order valence-corrected chi connectivity index (χ0v) is 9.75. The Kier molecular flexibility index (Phi) is 10.1. The van der Waals surface area contributed by atoms with E-state index in [2.05, 4.69) is 5.32 Å². The highest BCUT2D eigenvalue weighted by molar-refractivity contribution is 5.79. The SMILES string of the molecule is CC(=O)NCC(=O)O.NC(CCC(=O)O)C(=O)O. The molecule has 6 N–H and O–H groups in total. The van der Waals surface area contributed by atoms with Crippen LogP contribution in [0.25, 0.3) is 0 Å². The number of amides is 1. The first kappa shape index (κ1) is 18.2. The third-order valence-electron chi connectivity index (χ3n) is 1.47. The Hall–Kier alpha value is -2.16. The highest BCUT2D eigenvalue weighted by Crippen LogP contribution is 1.93. The van der Waals surface area contributed by atoms with Crippen molar-refractivity contribution in [3.05, 3.63) is 0 Å². The Labute approximate surface area is 103 Å². The van der Waals surface area contributed by atoms with Gasteiger partial charge in [0.25, 0.3) is 0 Å². The van der Waals surface area contributed by atoms with Gasteiger partial charge in [-0.3, -0.25) is 19.2 Å². The van der Waals surface area contributed by atoms with Gasteiger partial charge in [0, 0.05) is 13.3 Å². The minimum absolute atomic E-state index is 0.0231. The lowest BCUT2D eigenvalue weighted by atomic mass is 10.2.